The minimum Gasteiger partial charge on any atom is -0.464 e. The highest BCUT2D eigenvalue weighted by Crippen LogP contribution is 2.10. The van der Waals surface area contributed by atoms with Gasteiger partial charge in [0.25, 0.3) is 0 Å². The Balaban J connectivity index is 2.10. The van der Waals surface area contributed by atoms with Crippen LogP contribution < -0.4 is 5.32 Å². The summed E-state index contributed by atoms with van der Waals surface area (Å²) < 4.78 is 6.39. The van der Waals surface area contributed by atoms with Gasteiger partial charge in [-0.1, -0.05) is 5.21 Å². The van der Waals surface area contributed by atoms with Gasteiger partial charge in [-0.15, -0.1) is 5.10 Å². The summed E-state index contributed by atoms with van der Waals surface area (Å²) in [6.07, 6.45) is 2.34. The molecule has 0 amide bonds. The number of carbonyl (C=O) groups excluding carboxylic acids is 1. The lowest BCUT2D eigenvalue weighted by Gasteiger charge is -2.10. The van der Waals surface area contributed by atoms with Crippen LogP contribution in [0.5, 0.6) is 0 Å². The predicted octanol–water partition coefficient (Wildman–Crippen LogP) is 0.125. The lowest BCUT2D eigenvalue weighted by Crippen LogP contribution is -2.27. The van der Waals surface area contributed by atoms with E-state index in [4.69, 9.17) is 0 Å². The maximum absolute atomic E-state index is 11.3. The third-order valence-corrected chi connectivity index (χ3v) is 2.92. The molecule has 1 aliphatic heterocycles. The molecule has 6 nitrogen and oxygen atoms in total. The third kappa shape index (κ3) is 2.06. The molecule has 1 aromatic heterocycles. The summed E-state index contributed by atoms with van der Waals surface area (Å²) in [7, 11) is 1.35. The number of esters is 1. The monoisotopic (exact) mass is 224 g/mol. The molecule has 1 saturated heterocycles. The van der Waals surface area contributed by atoms with Crippen LogP contribution in [0.1, 0.15) is 29.0 Å². The van der Waals surface area contributed by atoms with Crippen LogP contribution in [-0.4, -0.2) is 40.7 Å². The number of aromatic nitrogens is 3. The van der Waals surface area contributed by atoms with Crippen molar-refractivity contribution in [1.82, 2.24) is 20.3 Å². The first-order valence-corrected chi connectivity index (χ1v) is 5.44. The van der Waals surface area contributed by atoms with Crippen LogP contribution in [0.2, 0.25) is 0 Å². The van der Waals surface area contributed by atoms with Gasteiger partial charge >= 0.3 is 5.97 Å². The van der Waals surface area contributed by atoms with Crippen LogP contribution in [0, 0.1) is 6.92 Å². The highest BCUT2D eigenvalue weighted by molar-refractivity contribution is 5.88. The van der Waals surface area contributed by atoms with Crippen molar-refractivity contribution in [2.24, 2.45) is 0 Å². The van der Waals surface area contributed by atoms with Crippen LogP contribution in [0.4, 0.5) is 0 Å². The fourth-order valence-corrected chi connectivity index (χ4v) is 1.94. The van der Waals surface area contributed by atoms with Gasteiger partial charge in [0.15, 0.2) is 5.69 Å². The number of hydrogen-bond donors (Lipinski definition) is 1. The van der Waals surface area contributed by atoms with Gasteiger partial charge in [0, 0.05) is 6.04 Å². The van der Waals surface area contributed by atoms with E-state index in [1.807, 2.05) is 6.92 Å². The van der Waals surface area contributed by atoms with Crippen LogP contribution in [0.25, 0.3) is 0 Å². The molecule has 1 fully saturated rings. The predicted molar refractivity (Wildman–Crippen MR) is 57.1 cm³/mol. The van der Waals surface area contributed by atoms with Crippen molar-refractivity contribution >= 4 is 5.97 Å². The topological polar surface area (TPSA) is 69.0 Å². The standard InChI is InChI=1S/C10H16N4O2/c1-7-9(10(15)16-2)12-13-14(7)6-8-4-3-5-11-8/h8,11H,3-6H2,1-2H3. The minimum absolute atomic E-state index is 0.306. The highest BCUT2D eigenvalue weighted by atomic mass is 16.5. The van der Waals surface area contributed by atoms with Crippen LogP contribution in [0.15, 0.2) is 0 Å². The van der Waals surface area contributed by atoms with Crippen molar-refractivity contribution in [3.05, 3.63) is 11.4 Å². The van der Waals surface area contributed by atoms with Crippen molar-refractivity contribution < 1.29 is 9.53 Å². The summed E-state index contributed by atoms with van der Waals surface area (Å²) >= 11 is 0. The van der Waals surface area contributed by atoms with Gasteiger partial charge in [0.05, 0.1) is 19.3 Å². The van der Waals surface area contributed by atoms with E-state index in [-0.39, 0.29) is 0 Å². The first-order valence-electron chi connectivity index (χ1n) is 5.44. The zero-order valence-electron chi connectivity index (χ0n) is 9.56. The third-order valence-electron chi connectivity index (χ3n) is 2.92. The minimum atomic E-state index is -0.428. The zero-order chi connectivity index (χ0) is 11.5. The summed E-state index contributed by atoms with van der Waals surface area (Å²) in [6, 6.07) is 0.436. The molecule has 2 heterocycles. The molecule has 88 valence electrons. The van der Waals surface area contributed by atoms with E-state index in [9.17, 15) is 4.79 Å². The van der Waals surface area contributed by atoms with E-state index < -0.39 is 5.97 Å². The summed E-state index contributed by atoms with van der Waals surface area (Å²) in [6.45, 7) is 3.65. The van der Waals surface area contributed by atoms with E-state index in [2.05, 4.69) is 20.4 Å². The molecule has 0 aromatic carbocycles. The molecule has 6 heteroatoms. The van der Waals surface area contributed by atoms with Crippen molar-refractivity contribution in [3.8, 4) is 0 Å². The van der Waals surface area contributed by atoms with Gasteiger partial charge in [-0.3, -0.25) is 0 Å². The van der Waals surface area contributed by atoms with Crippen molar-refractivity contribution in [1.29, 1.82) is 0 Å². The number of ether oxygens (including phenoxy) is 1. The molecule has 1 aromatic rings. The van der Waals surface area contributed by atoms with E-state index >= 15 is 0 Å². The van der Waals surface area contributed by atoms with Gasteiger partial charge in [-0.2, -0.15) is 0 Å². The normalized spacial score (nSPS) is 20.0. The van der Waals surface area contributed by atoms with Crippen LogP contribution in [0.3, 0.4) is 0 Å². The van der Waals surface area contributed by atoms with Gasteiger partial charge in [0.2, 0.25) is 0 Å². The molecule has 0 spiro atoms. The number of methoxy groups -OCH3 is 1. The van der Waals surface area contributed by atoms with Crippen molar-refractivity contribution in [3.63, 3.8) is 0 Å². The number of hydrogen-bond acceptors (Lipinski definition) is 5. The smallest absolute Gasteiger partial charge is 0.360 e. The Morgan fingerprint density at radius 1 is 1.69 bits per heavy atom. The second kappa shape index (κ2) is 4.61. The van der Waals surface area contributed by atoms with Gasteiger partial charge < -0.3 is 10.1 Å². The van der Waals surface area contributed by atoms with Crippen LogP contribution >= 0.6 is 0 Å². The summed E-state index contributed by atoms with van der Waals surface area (Å²) in [4.78, 5) is 11.3. The Bertz CT molecular complexity index is 382. The van der Waals surface area contributed by atoms with E-state index in [1.54, 1.807) is 4.68 Å². The molecule has 2 rings (SSSR count). The quantitative estimate of drug-likeness (QED) is 0.739. The Morgan fingerprint density at radius 2 is 2.50 bits per heavy atom. The van der Waals surface area contributed by atoms with E-state index in [1.165, 1.54) is 13.5 Å². The molecule has 0 radical (unpaired) electrons. The fourth-order valence-electron chi connectivity index (χ4n) is 1.94. The maximum Gasteiger partial charge on any atom is 0.360 e. The first kappa shape index (κ1) is 11.1. The number of nitrogens with one attached hydrogen (secondary N) is 1. The lowest BCUT2D eigenvalue weighted by atomic mass is 10.2. The Kier molecular flexibility index (Phi) is 3.19. The summed E-state index contributed by atoms with van der Waals surface area (Å²) in [5.74, 6) is -0.428. The van der Waals surface area contributed by atoms with Crippen LogP contribution in [-0.2, 0) is 11.3 Å². The Morgan fingerprint density at radius 3 is 3.12 bits per heavy atom. The maximum atomic E-state index is 11.3. The lowest BCUT2D eigenvalue weighted by molar-refractivity contribution is 0.0593. The van der Waals surface area contributed by atoms with Crippen molar-refractivity contribution in [2.45, 2.75) is 32.4 Å². The molecule has 0 saturated carbocycles. The highest BCUT2D eigenvalue weighted by Gasteiger charge is 2.20. The van der Waals surface area contributed by atoms with E-state index in [0.29, 0.717) is 11.7 Å². The van der Waals surface area contributed by atoms with Crippen molar-refractivity contribution in [2.75, 3.05) is 13.7 Å². The Labute approximate surface area is 94.0 Å². The van der Waals surface area contributed by atoms with Gasteiger partial charge in [-0.05, 0) is 26.3 Å². The molecule has 1 aliphatic rings. The Hall–Kier alpha value is -1.43. The van der Waals surface area contributed by atoms with E-state index in [0.717, 1.165) is 25.2 Å². The number of rotatable bonds is 3. The molecular weight excluding hydrogens is 208 g/mol. The SMILES string of the molecule is COC(=O)c1nnn(CC2CCCN2)c1C. The molecular formula is C10H16N4O2. The molecule has 0 bridgehead atoms. The average molecular weight is 224 g/mol. The molecule has 1 N–H and O–H groups in total. The first-order chi connectivity index (χ1) is 7.72. The average Bonchev–Trinajstić information content (AvgIpc) is 2.90. The molecule has 1 unspecified atom stereocenters. The second-order valence-corrected chi connectivity index (χ2v) is 3.99. The zero-order valence-corrected chi connectivity index (χ0v) is 9.56. The number of nitrogens with zero attached hydrogens (tertiary/aromatic N) is 3. The second-order valence-electron chi connectivity index (χ2n) is 3.99. The molecule has 1 atom stereocenters. The summed E-state index contributed by atoms with van der Waals surface area (Å²) in [5, 5.41) is 11.2. The molecule has 0 aliphatic carbocycles. The fraction of sp³-hybridized carbons (Fsp3) is 0.700. The largest absolute Gasteiger partial charge is 0.464 e. The summed E-state index contributed by atoms with van der Waals surface area (Å²) in [5.41, 5.74) is 1.07. The van der Waals surface area contributed by atoms with Gasteiger partial charge in [-0.25, -0.2) is 9.48 Å². The number of carbonyl (C=O) groups is 1. The molecule has 16 heavy (non-hydrogen) atoms. The van der Waals surface area contributed by atoms with Gasteiger partial charge in [0.1, 0.15) is 0 Å².